The van der Waals surface area contributed by atoms with Crippen LogP contribution in [0.25, 0.3) is 5.65 Å². The molecule has 1 aromatic carbocycles. The van der Waals surface area contributed by atoms with Gasteiger partial charge in [-0.25, -0.2) is 13.4 Å². The summed E-state index contributed by atoms with van der Waals surface area (Å²) in [6.07, 6.45) is 1.96. The third kappa shape index (κ3) is 3.20. The molecule has 2 heterocycles. The fourth-order valence-electron chi connectivity index (χ4n) is 3.14. The monoisotopic (exact) mass is 372 g/mol. The lowest BCUT2D eigenvalue weighted by Crippen LogP contribution is -2.20. The lowest BCUT2D eigenvalue weighted by atomic mass is 9.95. The van der Waals surface area contributed by atoms with Crippen molar-refractivity contribution in [3.05, 3.63) is 64.6 Å². The van der Waals surface area contributed by atoms with Crippen molar-refractivity contribution in [2.24, 2.45) is 5.73 Å². The van der Waals surface area contributed by atoms with E-state index < -0.39 is 16.1 Å². The highest BCUT2D eigenvalue weighted by atomic mass is 32.2. The van der Waals surface area contributed by atoms with E-state index in [2.05, 4.69) is 9.71 Å². The highest BCUT2D eigenvalue weighted by molar-refractivity contribution is 7.92. The van der Waals surface area contributed by atoms with Crippen molar-refractivity contribution in [3.8, 4) is 0 Å². The van der Waals surface area contributed by atoms with Crippen LogP contribution in [0.15, 0.2) is 36.5 Å². The first kappa shape index (κ1) is 18.4. The number of fused-ring (bicyclic) bond motifs is 1. The molecule has 7 heteroatoms. The Labute approximate surface area is 154 Å². The Bertz CT molecular complexity index is 1070. The van der Waals surface area contributed by atoms with Crippen molar-refractivity contribution in [2.45, 2.75) is 33.7 Å². The molecule has 0 aliphatic heterocycles. The predicted octanol–water partition coefficient (Wildman–Crippen LogP) is 3.07. The summed E-state index contributed by atoms with van der Waals surface area (Å²) in [5, 5.41) is 0. The Morgan fingerprint density at radius 3 is 2.62 bits per heavy atom. The third-order valence-corrected chi connectivity index (χ3v) is 6.06. The van der Waals surface area contributed by atoms with Gasteiger partial charge in [-0.05, 0) is 45.4 Å². The Balaban J connectivity index is 2.17. The fraction of sp³-hybridized carbons (Fsp3) is 0.316. The van der Waals surface area contributed by atoms with E-state index in [0.717, 1.165) is 33.7 Å². The van der Waals surface area contributed by atoms with Gasteiger partial charge < -0.3 is 10.1 Å². The molecule has 0 radical (unpaired) electrons. The zero-order chi connectivity index (χ0) is 19.1. The number of pyridine rings is 1. The Hall–Kier alpha value is -2.38. The minimum absolute atomic E-state index is 0.00382. The standard InChI is InChI=1S/C19H24N4O2S/c1-5-26(24,25)22-16-10-6-8-12(2)17(16)18(20)15-9-7-11-23-14(4)13(3)21-19(15)23/h6-11,18,22H,5,20H2,1-4H3. The Morgan fingerprint density at radius 2 is 1.92 bits per heavy atom. The van der Waals surface area contributed by atoms with Crippen LogP contribution in [0, 0.1) is 20.8 Å². The van der Waals surface area contributed by atoms with E-state index in [0.29, 0.717) is 5.69 Å². The number of imidazole rings is 1. The largest absolute Gasteiger partial charge is 0.320 e. The van der Waals surface area contributed by atoms with Crippen molar-refractivity contribution in [2.75, 3.05) is 10.5 Å². The molecule has 3 rings (SSSR count). The summed E-state index contributed by atoms with van der Waals surface area (Å²) in [7, 11) is -3.40. The van der Waals surface area contributed by atoms with Gasteiger partial charge in [-0.3, -0.25) is 4.72 Å². The Morgan fingerprint density at radius 1 is 1.19 bits per heavy atom. The van der Waals surface area contributed by atoms with E-state index in [9.17, 15) is 8.42 Å². The highest BCUT2D eigenvalue weighted by Crippen LogP contribution is 2.32. The molecule has 0 saturated carbocycles. The minimum Gasteiger partial charge on any atom is -0.320 e. The molecular weight excluding hydrogens is 348 g/mol. The van der Waals surface area contributed by atoms with Gasteiger partial charge in [0.2, 0.25) is 10.0 Å². The van der Waals surface area contributed by atoms with Crippen LogP contribution in [0.2, 0.25) is 0 Å². The molecule has 6 nitrogen and oxygen atoms in total. The smallest absolute Gasteiger partial charge is 0.232 e. The fourth-order valence-corrected chi connectivity index (χ4v) is 3.80. The van der Waals surface area contributed by atoms with E-state index in [4.69, 9.17) is 5.73 Å². The van der Waals surface area contributed by atoms with E-state index in [1.54, 1.807) is 13.0 Å². The molecule has 2 aromatic heterocycles. The zero-order valence-corrected chi connectivity index (χ0v) is 16.3. The van der Waals surface area contributed by atoms with Gasteiger partial charge in [0.1, 0.15) is 5.65 Å². The van der Waals surface area contributed by atoms with Crippen LogP contribution >= 0.6 is 0 Å². The van der Waals surface area contributed by atoms with Crippen molar-refractivity contribution in [3.63, 3.8) is 0 Å². The lowest BCUT2D eigenvalue weighted by Gasteiger charge is -2.20. The lowest BCUT2D eigenvalue weighted by molar-refractivity contribution is 0.602. The van der Waals surface area contributed by atoms with Crippen LogP contribution < -0.4 is 10.5 Å². The second-order valence-corrected chi connectivity index (χ2v) is 8.47. The molecule has 0 bridgehead atoms. The first-order valence-corrected chi connectivity index (χ1v) is 10.2. The average molecular weight is 372 g/mol. The molecule has 138 valence electrons. The first-order valence-electron chi connectivity index (χ1n) is 8.55. The summed E-state index contributed by atoms with van der Waals surface area (Å²) in [5.41, 5.74) is 12.5. The number of anilines is 1. The molecule has 3 aromatic rings. The zero-order valence-electron chi connectivity index (χ0n) is 15.4. The molecule has 1 atom stereocenters. The number of hydrogen-bond acceptors (Lipinski definition) is 4. The van der Waals surface area contributed by atoms with Crippen LogP contribution in [0.3, 0.4) is 0 Å². The van der Waals surface area contributed by atoms with E-state index in [1.807, 2.05) is 55.6 Å². The van der Waals surface area contributed by atoms with Crippen LogP contribution in [0.5, 0.6) is 0 Å². The summed E-state index contributed by atoms with van der Waals surface area (Å²) in [4.78, 5) is 4.65. The topological polar surface area (TPSA) is 89.5 Å². The van der Waals surface area contributed by atoms with Crippen molar-refractivity contribution in [1.29, 1.82) is 0 Å². The second kappa shape index (κ2) is 6.74. The number of sulfonamides is 1. The number of nitrogens with one attached hydrogen (secondary N) is 1. The van der Waals surface area contributed by atoms with Gasteiger partial charge in [0, 0.05) is 23.0 Å². The Kier molecular flexibility index (Phi) is 4.77. The van der Waals surface area contributed by atoms with Gasteiger partial charge in [0.05, 0.1) is 23.2 Å². The number of aryl methyl sites for hydroxylation is 3. The molecule has 0 aliphatic rings. The number of hydrogen-bond donors (Lipinski definition) is 2. The number of nitrogens with zero attached hydrogens (tertiary/aromatic N) is 2. The molecule has 3 N–H and O–H groups in total. The number of rotatable bonds is 5. The molecule has 1 unspecified atom stereocenters. The van der Waals surface area contributed by atoms with Gasteiger partial charge in [-0.15, -0.1) is 0 Å². The summed E-state index contributed by atoms with van der Waals surface area (Å²) >= 11 is 0. The van der Waals surface area contributed by atoms with E-state index in [-0.39, 0.29) is 5.75 Å². The average Bonchev–Trinajstić information content (AvgIpc) is 2.89. The van der Waals surface area contributed by atoms with Crippen LogP contribution in [-0.2, 0) is 10.0 Å². The minimum atomic E-state index is -3.40. The van der Waals surface area contributed by atoms with Crippen LogP contribution in [0.1, 0.15) is 41.0 Å². The second-order valence-electron chi connectivity index (χ2n) is 6.46. The number of aromatic nitrogens is 2. The van der Waals surface area contributed by atoms with Gasteiger partial charge in [-0.2, -0.15) is 0 Å². The molecule has 0 amide bonds. The molecule has 0 aliphatic carbocycles. The summed E-state index contributed by atoms with van der Waals surface area (Å²) in [5.74, 6) is 0.00382. The summed E-state index contributed by atoms with van der Waals surface area (Å²) in [6.45, 7) is 7.51. The van der Waals surface area contributed by atoms with Gasteiger partial charge in [-0.1, -0.05) is 18.2 Å². The SMILES string of the molecule is CCS(=O)(=O)Nc1cccc(C)c1C(N)c1cccn2c(C)c(C)nc12. The van der Waals surface area contributed by atoms with Gasteiger partial charge >= 0.3 is 0 Å². The van der Waals surface area contributed by atoms with Gasteiger partial charge in [0.15, 0.2) is 0 Å². The molecular formula is C19H24N4O2S. The number of nitrogens with two attached hydrogens (primary N) is 1. The molecule has 0 spiro atoms. The molecule has 0 fully saturated rings. The van der Waals surface area contributed by atoms with Crippen molar-refractivity contribution >= 4 is 21.4 Å². The number of benzene rings is 1. The summed E-state index contributed by atoms with van der Waals surface area (Å²) < 4.78 is 28.8. The van der Waals surface area contributed by atoms with Crippen molar-refractivity contribution < 1.29 is 8.42 Å². The van der Waals surface area contributed by atoms with Crippen LogP contribution in [-0.4, -0.2) is 23.6 Å². The first-order chi connectivity index (χ1) is 12.2. The third-order valence-electron chi connectivity index (χ3n) is 4.77. The van der Waals surface area contributed by atoms with E-state index >= 15 is 0 Å². The van der Waals surface area contributed by atoms with E-state index in [1.165, 1.54) is 0 Å². The molecule has 26 heavy (non-hydrogen) atoms. The maximum atomic E-state index is 12.1. The van der Waals surface area contributed by atoms with Crippen LogP contribution in [0.4, 0.5) is 5.69 Å². The predicted molar refractivity (Wildman–Crippen MR) is 105 cm³/mol. The summed E-state index contributed by atoms with van der Waals surface area (Å²) in [6, 6.07) is 8.87. The normalized spacial score (nSPS) is 13.1. The van der Waals surface area contributed by atoms with Crippen molar-refractivity contribution in [1.82, 2.24) is 9.38 Å². The van der Waals surface area contributed by atoms with Gasteiger partial charge in [0.25, 0.3) is 0 Å². The highest BCUT2D eigenvalue weighted by Gasteiger charge is 2.21. The maximum Gasteiger partial charge on any atom is 0.232 e. The molecule has 0 saturated heterocycles. The quantitative estimate of drug-likeness (QED) is 0.720. The maximum absolute atomic E-state index is 12.1.